The minimum atomic E-state index is -0.492. The maximum absolute atomic E-state index is 13.5. The predicted octanol–water partition coefficient (Wildman–Crippen LogP) is 2.32. The lowest BCUT2D eigenvalue weighted by atomic mass is 10.0. The van der Waals surface area contributed by atoms with E-state index in [1.165, 1.54) is 5.56 Å². The third-order valence-corrected chi connectivity index (χ3v) is 7.29. The lowest BCUT2D eigenvalue weighted by Crippen LogP contribution is -2.52. The second kappa shape index (κ2) is 9.15. The number of benzene rings is 2. The molecule has 2 aromatic rings. The number of piperidine rings is 1. The molecule has 1 N–H and O–H groups in total. The number of ether oxygens (including phenoxy) is 1. The number of hydrogen-bond donors (Lipinski definition) is 1. The fourth-order valence-corrected chi connectivity index (χ4v) is 5.57. The summed E-state index contributed by atoms with van der Waals surface area (Å²) >= 11 is 0. The number of methoxy groups -OCH3 is 1. The van der Waals surface area contributed by atoms with Crippen LogP contribution < -0.4 is 9.64 Å². The summed E-state index contributed by atoms with van der Waals surface area (Å²) in [6, 6.07) is 15.2. The Morgan fingerprint density at radius 2 is 1.82 bits per heavy atom. The van der Waals surface area contributed by atoms with E-state index in [9.17, 15) is 14.7 Å². The summed E-state index contributed by atoms with van der Waals surface area (Å²) in [6.45, 7) is 2.49. The third-order valence-electron chi connectivity index (χ3n) is 7.29. The molecule has 3 aliphatic heterocycles. The van der Waals surface area contributed by atoms with Gasteiger partial charge < -0.3 is 19.6 Å². The number of hydrogen-bond acceptors (Lipinski definition) is 5. The van der Waals surface area contributed by atoms with E-state index in [-0.39, 0.29) is 23.9 Å². The van der Waals surface area contributed by atoms with Gasteiger partial charge in [-0.15, -0.1) is 0 Å². The number of anilines is 1. The van der Waals surface area contributed by atoms with E-state index in [1.54, 1.807) is 13.2 Å². The van der Waals surface area contributed by atoms with Crippen LogP contribution in [-0.4, -0.2) is 78.2 Å². The van der Waals surface area contributed by atoms with Gasteiger partial charge in [0.25, 0.3) is 5.91 Å². The van der Waals surface area contributed by atoms with Crippen molar-refractivity contribution < 1.29 is 19.4 Å². The standard InChI is InChI=1S/C26H31N3O4/c1-33-22-7-4-6-19(15-22)25(31)27-12-10-20(11-13-27)29-17-21(30)16-24(29)26(32)28-14-9-18-5-2-3-8-23(18)28/h2-8,15,20-21,24,30H,9-14,16-17H2,1H3/t21-,24+/m1/s1. The molecule has 5 rings (SSSR count). The fraction of sp³-hybridized carbons (Fsp3) is 0.462. The number of fused-ring (bicyclic) bond motifs is 1. The number of aliphatic hydroxyl groups is 1. The number of β-amino-alcohol motifs (C(OH)–C–C–N with tert-alkyl or cyclic N) is 1. The second-order valence-corrected chi connectivity index (χ2v) is 9.23. The Labute approximate surface area is 194 Å². The van der Waals surface area contributed by atoms with Gasteiger partial charge in [0.2, 0.25) is 5.91 Å². The van der Waals surface area contributed by atoms with Gasteiger partial charge in [-0.1, -0.05) is 24.3 Å². The maximum atomic E-state index is 13.5. The van der Waals surface area contributed by atoms with Gasteiger partial charge in [-0.25, -0.2) is 0 Å². The zero-order valence-electron chi connectivity index (χ0n) is 19.0. The first-order valence-corrected chi connectivity index (χ1v) is 11.8. The smallest absolute Gasteiger partial charge is 0.253 e. The average molecular weight is 450 g/mol. The highest BCUT2D eigenvalue weighted by molar-refractivity contribution is 5.99. The van der Waals surface area contributed by atoms with Crippen molar-refractivity contribution in [1.29, 1.82) is 0 Å². The van der Waals surface area contributed by atoms with Crippen LogP contribution in [-0.2, 0) is 11.2 Å². The predicted molar refractivity (Wildman–Crippen MR) is 126 cm³/mol. The summed E-state index contributed by atoms with van der Waals surface area (Å²) in [6.07, 6.45) is 2.45. The molecule has 0 unspecified atom stereocenters. The Morgan fingerprint density at radius 1 is 1.03 bits per heavy atom. The third kappa shape index (κ3) is 4.23. The minimum absolute atomic E-state index is 0.00936. The topological polar surface area (TPSA) is 73.3 Å². The zero-order valence-corrected chi connectivity index (χ0v) is 19.0. The molecule has 2 atom stereocenters. The number of amides is 2. The van der Waals surface area contributed by atoms with Crippen molar-refractivity contribution in [2.24, 2.45) is 0 Å². The van der Waals surface area contributed by atoms with Crippen LogP contribution in [0.2, 0.25) is 0 Å². The van der Waals surface area contributed by atoms with E-state index < -0.39 is 6.10 Å². The number of para-hydroxylation sites is 1. The number of nitrogens with zero attached hydrogens (tertiary/aromatic N) is 3. The molecule has 7 nitrogen and oxygen atoms in total. The van der Waals surface area contributed by atoms with Crippen LogP contribution in [0.3, 0.4) is 0 Å². The lowest BCUT2D eigenvalue weighted by Gasteiger charge is -2.39. The van der Waals surface area contributed by atoms with Crippen LogP contribution >= 0.6 is 0 Å². The maximum Gasteiger partial charge on any atom is 0.253 e. The van der Waals surface area contributed by atoms with Gasteiger partial charge in [0.05, 0.1) is 19.3 Å². The van der Waals surface area contributed by atoms with Crippen molar-refractivity contribution >= 4 is 17.5 Å². The van der Waals surface area contributed by atoms with Crippen molar-refractivity contribution in [3.63, 3.8) is 0 Å². The van der Waals surface area contributed by atoms with E-state index in [1.807, 2.05) is 46.2 Å². The van der Waals surface area contributed by atoms with Crippen LogP contribution in [0, 0.1) is 0 Å². The molecule has 3 heterocycles. The molecule has 2 amide bonds. The van der Waals surface area contributed by atoms with Crippen LogP contribution in [0.5, 0.6) is 5.75 Å². The van der Waals surface area contributed by atoms with Crippen LogP contribution in [0.15, 0.2) is 48.5 Å². The second-order valence-electron chi connectivity index (χ2n) is 9.23. The minimum Gasteiger partial charge on any atom is -0.497 e. The van der Waals surface area contributed by atoms with Gasteiger partial charge in [0.1, 0.15) is 5.75 Å². The molecule has 7 heteroatoms. The Balaban J connectivity index is 1.25. The summed E-state index contributed by atoms with van der Waals surface area (Å²) in [7, 11) is 1.60. The van der Waals surface area contributed by atoms with Gasteiger partial charge in [0.15, 0.2) is 0 Å². The number of rotatable bonds is 4. The number of carbonyl (C=O) groups is 2. The molecule has 2 fully saturated rings. The van der Waals surface area contributed by atoms with Crippen molar-refractivity contribution in [2.75, 3.05) is 38.2 Å². The summed E-state index contributed by atoms with van der Waals surface area (Å²) in [5.41, 5.74) is 2.84. The number of aliphatic hydroxyl groups excluding tert-OH is 1. The normalized spacial score (nSPS) is 23.6. The monoisotopic (exact) mass is 449 g/mol. The van der Waals surface area contributed by atoms with Crippen molar-refractivity contribution in [3.8, 4) is 5.75 Å². The van der Waals surface area contributed by atoms with Crippen LogP contribution in [0.25, 0.3) is 0 Å². The Kier molecular flexibility index (Phi) is 6.08. The van der Waals surface area contributed by atoms with E-state index in [4.69, 9.17) is 4.74 Å². The fourth-order valence-electron chi connectivity index (χ4n) is 5.57. The first-order chi connectivity index (χ1) is 16.0. The largest absolute Gasteiger partial charge is 0.497 e. The van der Waals surface area contributed by atoms with Crippen molar-refractivity contribution in [1.82, 2.24) is 9.80 Å². The molecule has 0 saturated carbocycles. The Hall–Kier alpha value is -2.90. The van der Waals surface area contributed by atoms with E-state index >= 15 is 0 Å². The average Bonchev–Trinajstić information content (AvgIpc) is 3.47. The number of likely N-dealkylation sites (tertiary alicyclic amines) is 2. The summed E-state index contributed by atoms with van der Waals surface area (Å²) in [5, 5.41) is 10.4. The highest BCUT2D eigenvalue weighted by Gasteiger charge is 2.43. The summed E-state index contributed by atoms with van der Waals surface area (Å²) < 4.78 is 5.25. The Morgan fingerprint density at radius 3 is 2.61 bits per heavy atom. The molecule has 0 aliphatic carbocycles. The first kappa shape index (κ1) is 21.9. The van der Waals surface area contributed by atoms with Gasteiger partial charge in [-0.05, 0) is 55.5 Å². The highest BCUT2D eigenvalue weighted by Crippen LogP contribution is 2.33. The molecule has 174 valence electrons. The first-order valence-electron chi connectivity index (χ1n) is 11.8. The van der Waals surface area contributed by atoms with E-state index in [0.29, 0.717) is 43.9 Å². The Bertz CT molecular complexity index is 1030. The molecular weight excluding hydrogens is 418 g/mol. The molecule has 0 radical (unpaired) electrons. The van der Waals surface area contributed by atoms with Crippen molar-refractivity contribution in [3.05, 3.63) is 59.7 Å². The van der Waals surface area contributed by atoms with Gasteiger partial charge >= 0.3 is 0 Å². The van der Waals surface area contributed by atoms with Crippen molar-refractivity contribution in [2.45, 2.75) is 43.9 Å². The zero-order chi connectivity index (χ0) is 22.9. The van der Waals surface area contributed by atoms with Crippen LogP contribution in [0.1, 0.15) is 35.2 Å². The van der Waals surface area contributed by atoms with Gasteiger partial charge in [0, 0.05) is 43.5 Å². The molecule has 3 aliphatic rings. The molecular formula is C26H31N3O4. The molecule has 0 spiro atoms. The SMILES string of the molecule is COc1cccc(C(=O)N2CCC(N3C[C@H](O)C[C@H]3C(=O)N3CCc4ccccc43)CC2)c1. The summed E-state index contributed by atoms with van der Waals surface area (Å²) in [5.74, 6) is 0.771. The van der Waals surface area contributed by atoms with Gasteiger partial charge in [-0.2, -0.15) is 0 Å². The lowest BCUT2D eigenvalue weighted by molar-refractivity contribution is -0.123. The molecule has 2 saturated heterocycles. The van der Waals surface area contributed by atoms with Gasteiger partial charge in [-0.3, -0.25) is 14.5 Å². The van der Waals surface area contributed by atoms with E-state index in [0.717, 1.165) is 24.9 Å². The molecule has 0 aromatic heterocycles. The van der Waals surface area contributed by atoms with Crippen LogP contribution in [0.4, 0.5) is 5.69 Å². The molecule has 0 bridgehead atoms. The highest BCUT2D eigenvalue weighted by atomic mass is 16.5. The quantitative estimate of drug-likeness (QED) is 0.776. The number of carbonyl (C=O) groups excluding carboxylic acids is 2. The van der Waals surface area contributed by atoms with E-state index in [2.05, 4.69) is 11.0 Å². The summed E-state index contributed by atoms with van der Waals surface area (Å²) in [4.78, 5) is 32.5. The molecule has 33 heavy (non-hydrogen) atoms. The molecule has 2 aromatic carbocycles.